The standard InChI is InChI=1S/C15H22ClNO/c1-9-8-14(15(18)10(2)16)12(4)17(9)11(3)13-6-5-7-13/h8,10-11,13H,5-7H2,1-4H3. The third-order valence-corrected chi connectivity index (χ3v) is 4.55. The molecule has 0 amide bonds. The minimum Gasteiger partial charge on any atom is -0.345 e. The molecule has 0 N–H and O–H groups in total. The number of carbonyl (C=O) groups excluding carboxylic acids is 1. The van der Waals surface area contributed by atoms with Gasteiger partial charge in [-0.3, -0.25) is 4.79 Å². The second kappa shape index (κ2) is 5.08. The van der Waals surface area contributed by atoms with E-state index in [-0.39, 0.29) is 5.78 Å². The quantitative estimate of drug-likeness (QED) is 0.590. The van der Waals surface area contributed by atoms with E-state index < -0.39 is 5.38 Å². The lowest BCUT2D eigenvalue weighted by Crippen LogP contribution is -2.24. The SMILES string of the molecule is Cc1cc(C(=O)C(C)Cl)c(C)n1C(C)C1CCC1. The molecule has 0 bridgehead atoms. The van der Waals surface area contributed by atoms with Crippen molar-refractivity contribution in [3.8, 4) is 0 Å². The fourth-order valence-corrected chi connectivity index (χ4v) is 3.12. The van der Waals surface area contributed by atoms with Crippen LogP contribution in [0, 0.1) is 19.8 Å². The van der Waals surface area contributed by atoms with Gasteiger partial charge in [-0.05, 0) is 52.5 Å². The van der Waals surface area contributed by atoms with Crippen LogP contribution in [-0.2, 0) is 0 Å². The lowest BCUT2D eigenvalue weighted by molar-refractivity contribution is 0.0990. The Kier molecular flexibility index (Phi) is 3.86. The summed E-state index contributed by atoms with van der Waals surface area (Å²) in [6.07, 6.45) is 3.97. The van der Waals surface area contributed by atoms with E-state index in [1.807, 2.05) is 13.0 Å². The van der Waals surface area contributed by atoms with Crippen LogP contribution in [0.25, 0.3) is 0 Å². The first-order valence-corrected chi connectivity index (χ1v) is 7.23. The zero-order chi connectivity index (χ0) is 13.4. The van der Waals surface area contributed by atoms with E-state index in [0.29, 0.717) is 6.04 Å². The molecule has 2 nitrogen and oxygen atoms in total. The molecule has 0 aromatic carbocycles. The summed E-state index contributed by atoms with van der Waals surface area (Å²) < 4.78 is 2.32. The number of aromatic nitrogens is 1. The van der Waals surface area contributed by atoms with Gasteiger partial charge in [-0.15, -0.1) is 11.6 Å². The van der Waals surface area contributed by atoms with E-state index in [0.717, 1.165) is 17.2 Å². The number of rotatable bonds is 4. The van der Waals surface area contributed by atoms with Crippen LogP contribution >= 0.6 is 11.6 Å². The van der Waals surface area contributed by atoms with Crippen molar-refractivity contribution in [3.05, 3.63) is 23.0 Å². The maximum absolute atomic E-state index is 12.1. The van der Waals surface area contributed by atoms with Gasteiger partial charge in [0.1, 0.15) is 0 Å². The maximum Gasteiger partial charge on any atom is 0.182 e. The summed E-state index contributed by atoms with van der Waals surface area (Å²) in [7, 11) is 0. The number of carbonyl (C=O) groups is 1. The van der Waals surface area contributed by atoms with Gasteiger partial charge in [-0.25, -0.2) is 0 Å². The molecule has 1 fully saturated rings. The molecule has 3 heteroatoms. The molecular weight excluding hydrogens is 246 g/mol. The highest BCUT2D eigenvalue weighted by Crippen LogP contribution is 2.38. The van der Waals surface area contributed by atoms with E-state index in [1.54, 1.807) is 6.92 Å². The lowest BCUT2D eigenvalue weighted by atomic mass is 9.80. The van der Waals surface area contributed by atoms with Crippen LogP contribution < -0.4 is 0 Å². The van der Waals surface area contributed by atoms with Gasteiger partial charge < -0.3 is 4.57 Å². The summed E-state index contributed by atoms with van der Waals surface area (Å²) in [5.41, 5.74) is 3.04. The van der Waals surface area contributed by atoms with Gasteiger partial charge >= 0.3 is 0 Å². The average Bonchev–Trinajstić information content (AvgIpc) is 2.50. The van der Waals surface area contributed by atoms with Gasteiger partial charge in [-0.2, -0.15) is 0 Å². The summed E-state index contributed by atoms with van der Waals surface area (Å²) in [6, 6.07) is 2.48. The van der Waals surface area contributed by atoms with Gasteiger partial charge in [0.25, 0.3) is 0 Å². The molecule has 1 aliphatic rings. The third kappa shape index (κ3) is 2.23. The molecule has 2 rings (SSSR count). The van der Waals surface area contributed by atoms with Gasteiger partial charge in [0, 0.05) is 23.0 Å². The smallest absolute Gasteiger partial charge is 0.182 e. The van der Waals surface area contributed by atoms with Crippen LogP contribution in [0.3, 0.4) is 0 Å². The summed E-state index contributed by atoms with van der Waals surface area (Å²) in [4.78, 5) is 12.1. The van der Waals surface area contributed by atoms with Gasteiger partial charge in [0.2, 0.25) is 0 Å². The number of hydrogen-bond acceptors (Lipinski definition) is 1. The second-order valence-corrected chi connectivity index (χ2v) is 6.22. The molecule has 100 valence electrons. The Morgan fingerprint density at radius 1 is 1.39 bits per heavy atom. The Labute approximate surface area is 114 Å². The Bertz CT molecular complexity index is 457. The van der Waals surface area contributed by atoms with Crippen molar-refractivity contribution in [1.82, 2.24) is 4.57 Å². The molecule has 2 atom stereocenters. The minimum atomic E-state index is -0.446. The van der Waals surface area contributed by atoms with Gasteiger partial charge in [0.15, 0.2) is 5.78 Å². The fraction of sp³-hybridized carbons (Fsp3) is 0.667. The molecular formula is C15H22ClNO. The molecule has 0 spiro atoms. The highest BCUT2D eigenvalue weighted by molar-refractivity contribution is 6.33. The van der Waals surface area contributed by atoms with Crippen LogP contribution in [0.5, 0.6) is 0 Å². The van der Waals surface area contributed by atoms with E-state index in [2.05, 4.69) is 18.4 Å². The maximum atomic E-state index is 12.1. The highest BCUT2D eigenvalue weighted by atomic mass is 35.5. The van der Waals surface area contributed by atoms with Crippen molar-refractivity contribution in [1.29, 1.82) is 0 Å². The minimum absolute atomic E-state index is 0.0387. The number of nitrogens with zero attached hydrogens (tertiary/aromatic N) is 1. The number of alkyl halides is 1. The summed E-state index contributed by atoms with van der Waals surface area (Å²) in [6.45, 7) is 8.13. The van der Waals surface area contributed by atoms with Gasteiger partial charge in [-0.1, -0.05) is 6.42 Å². The van der Waals surface area contributed by atoms with E-state index >= 15 is 0 Å². The normalized spacial score (nSPS) is 19.4. The highest BCUT2D eigenvalue weighted by Gasteiger charge is 2.28. The zero-order valence-corrected chi connectivity index (χ0v) is 12.4. The van der Waals surface area contributed by atoms with Gasteiger partial charge in [0.05, 0.1) is 5.38 Å². The number of halogens is 1. The summed E-state index contributed by atoms with van der Waals surface area (Å²) in [5, 5.41) is -0.446. The Morgan fingerprint density at radius 3 is 2.44 bits per heavy atom. The topological polar surface area (TPSA) is 22.0 Å². The first kappa shape index (κ1) is 13.7. The zero-order valence-electron chi connectivity index (χ0n) is 11.7. The summed E-state index contributed by atoms with van der Waals surface area (Å²) in [5.74, 6) is 0.808. The lowest BCUT2D eigenvalue weighted by Gasteiger charge is -2.34. The molecule has 18 heavy (non-hydrogen) atoms. The number of Topliss-reactive ketones (excluding diaryl/α,β-unsaturated/α-hetero) is 1. The van der Waals surface area contributed by atoms with Crippen LogP contribution in [0.4, 0.5) is 0 Å². The van der Waals surface area contributed by atoms with E-state index in [9.17, 15) is 4.79 Å². The van der Waals surface area contributed by atoms with Crippen LogP contribution in [0.2, 0.25) is 0 Å². The van der Waals surface area contributed by atoms with Crippen molar-refractivity contribution < 1.29 is 4.79 Å². The van der Waals surface area contributed by atoms with Crippen molar-refractivity contribution in [2.24, 2.45) is 5.92 Å². The second-order valence-electron chi connectivity index (χ2n) is 5.57. The first-order valence-electron chi connectivity index (χ1n) is 6.80. The van der Waals surface area contributed by atoms with E-state index in [1.165, 1.54) is 25.0 Å². The Balaban J connectivity index is 2.34. The Hall–Kier alpha value is -0.760. The molecule has 0 radical (unpaired) electrons. The first-order chi connectivity index (χ1) is 8.43. The number of ketones is 1. The van der Waals surface area contributed by atoms with Crippen LogP contribution in [0.15, 0.2) is 6.07 Å². The molecule has 2 unspecified atom stereocenters. The van der Waals surface area contributed by atoms with Crippen molar-refractivity contribution in [2.75, 3.05) is 0 Å². The summed E-state index contributed by atoms with van der Waals surface area (Å²) >= 11 is 5.92. The fourth-order valence-electron chi connectivity index (χ4n) is 3.00. The predicted molar refractivity (Wildman–Crippen MR) is 75.6 cm³/mol. The van der Waals surface area contributed by atoms with E-state index in [4.69, 9.17) is 11.6 Å². The average molecular weight is 268 g/mol. The van der Waals surface area contributed by atoms with Crippen molar-refractivity contribution in [3.63, 3.8) is 0 Å². The van der Waals surface area contributed by atoms with Crippen molar-refractivity contribution in [2.45, 2.75) is 58.4 Å². The monoisotopic (exact) mass is 267 g/mol. The molecule has 1 saturated carbocycles. The number of aryl methyl sites for hydroxylation is 1. The van der Waals surface area contributed by atoms with Crippen LogP contribution in [0.1, 0.15) is 60.9 Å². The van der Waals surface area contributed by atoms with Crippen LogP contribution in [-0.4, -0.2) is 15.7 Å². The molecule has 1 aromatic heterocycles. The molecule has 1 aliphatic carbocycles. The molecule has 1 aromatic rings. The Morgan fingerprint density at radius 2 is 2.00 bits per heavy atom. The molecule has 0 aliphatic heterocycles. The number of hydrogen-bond donors (Lipinski definition) is 0. The predicted octanol–water partition coefficient (Wildman–Crippen LogP) is 4.28. The largest absolute Gasteiger partial charge is 0.345 e. The molecule has 0 saturated heterocycles. The molecule has 1 heterocycles. The van der Waals surface area contributed by atoms with Crippen molar-refractivity contribution >= 4 is 17.4 Å². The third-order valence-electron chi connectivity index (χ3n) is 4.35.